The van der Waals surface area contributed by atoms with Gasteiger partial charge < -0.3 is 9.51 Å². The predicted octanol–water partition coefficient (Wildman–Crippen LogP) is 2.73. The van der Waals surface area contributed by atoms with Gasteiger partial charge in [-0.1, -0.05) is 0 Å². The van der Waals surface area contributed by atoms with E-state index in [1.807, 2.05) is 30.5 Å². The molecule has 2 aromatic heterocycles. The lowest BCUT2D eigenvalue weighted by atomic mass is 10.2. The van der Waals surface area contributed by atoms with E-state index in [-0.39, 0.29) is 6.42 Å². The molecule has 2 heterocycles. The second-order valence-corrected chi connectivity index (χ2v) is 4.99. The maximum Gasteiger partial charge on any atom is 0.303 e. The summed E-state index contributed by atoms with van der Waals surface area (Å²) in [6.45, 7) is 3.91. The first kappa shape index (κ1) is 12.1. The van der Waals surface area contributed by atoms with Gasteiger partial charge in [0.15, 0.2) is 0 Å². The fourth-order valence-corrected chi connectivity index (χ4v) is 2.50. The molecular weight excluding hydrogens is 284 g/mol. The van der Waals surface area contributed by atoms with E-state index >= 15 is 0 Å². The van der Waals surface area contributed by atoms with Crippen LogP contribution in [0.15, 0.2) is 16.7 Å². The Morgan fingerprint density at radius 3 is 2.88 bits per heavy atom. The highest BCUT2D eigenvalue weighted by atomic mass is 79.9. The van der Waals surface area contributed by atoms with Crippen LogP contribution >= 0.6 is 15.9 Å². The second-order valence-electron chi connectivity index (χ2n) is 4.07. The van der Waals surface area contributed by atoms with E-state index in [2.05, 4.69) is 20.9 Å². The summed E-state index contributed by atoms with van der Waals surface area (Å²) >= 11 is 3.44. The third-order valence-electron chi connectivity index (χ3n) is 2.75. The maximum atomic E-state index is 10.6. The Morgan fingerprint density at radius 1 is 1.53 bits per heavy atom. The molecule has 0 radical (unpaired) electrons. The molecule has 2 rings (SSSR count). The number of pyridine rings is 1. The number of fused-ring (bicyclic) bond motifs is 1. The molecule has 1 N–H and O–H groups in total. The van der Waals surface area contributed by atoms with E-state index in [0.29, 0.717) is 6.42 Å². The first-order chi connectivity index (χ1) is 7.99. The van der Waals surface area contributed by atoms with Gasteiger partial charge in [-0.2, -0.15) is 0 Å². The van der Waals surface area contributed by atoms with Gasteiger partial charge in [0.1, 0.15) is 5.65 Å². The monoisotopic (exact) mass is 296 g/mol. The van der Waals surface area contributed by atoms with Crippen molar-refractivity contribution in [2.24, 2.45) is 0 Å². The van der Waals surface area contributed by atoms with Gasteiger partial charge in [-0.3, -0.25) is 4.79 Å². The molecule has 5 heteroatoms. The van der Waals surface area contributed by atoms with E-state index in [9.17, 15) is 4.79 Å². The zero-order valence-electron chi connectivity index (χ0n) is 9.70. The summed E-state index contributed by atoms with van der Waals surface area (Å²) in [5.41, 5.74) is 3.83. The molecule has 0 saturated carbocycles. The summed E-state index contributed by atoms with van der Waals surface area (Å²) < 4.78 is 2.94. The average Bonchev–Trinajstić information content (AvgIpc) is 2.52. The number of aromatic nitrogens is 2. The molecule has 0 atom stereocenters. The van der Waals surface area contributed by atoms with Crippen molar-refractivity contribution < 1.29 is 9.90 Å². The number of nitrogens with zero attached hydrogens (tertiary/aromatic N) is 2. The lowest BCUT2D eigenvalue weighted by molar-refractivity contribution is -0.136. The zero-order valence-corrected chi connectivity index (χ0v) is 11.3. The molecule has 4 nitrogen and oxygen atoms in total. The van der Waals surface area contributed by atoms with Gasteiger partial charge in [0.2, 0.25) is 0 Å². The van der Waals surface area contributed by atoms with Crippen LogP contribution in [-0.4, -0.2) is 20.5 Å². The summed E-state index contributed by atoms with van der Waals surface area (Å²) in [4.78, 5) is 15.1. The van der Waals surface area contributed by atoms with Gasteiger partial charge in [0.05, 0.1) is 12.1 Å². The summed E-state index contributed by atoms with van der Waals surface area (Å²) in [5, 5.41) is 8.75. The Hall–Kier alpha value is -1.36. The predicted molar refractivity (Wildman–Crippen MR) is 68.3 cm³/mol. The standard InChI is InChI=1S/C12H13BrN2O2/c1-7-5-9(13)6-15-10(3-4-11(16)17)8(2)14-12(7)15/h5-6H,3-4H2,1-2H3,(H,16,17). The number of aliphatic carboxylic acids is 1. The minimum Gasteiger partial charge on any atom is -0.481 e. The minimum atomic E-state index is -0.786. The number of carbonyl (C=O) groups is 1. The van der Waals surface area contributed by atoms with E-state index in [1.165, 1.54) is 0 Å². The molecule has 2 aromatic rings. The highest BCUT2D eigenvalue weighted by molar-refractivity contribution is 9.10. The Kier molecular flexibility index (Phi) is 3.19. The summed E-state index contributed by atoms with van der Waals surface area (Å²) in [7, 11) is 0. The molecule has 0 aliphatic heterocycles. The van der Waals surface area contributed by atoms with Crippen LogP contribution in [0.25, 0.3) is 5.65 Å². The van der Waals surface area contributed by atoms with Gasteiger partial charge in [0.25, 0.3) is 0 Å². The van der Waals surface area contributed by atoms with Gasteiger partial charge in [0, 0.05) is 22.8 Å². The summed E-state index contributed by atoms with van der Waals surface area (Å²) in [6, 6.07) is 2.00. The first-order valence-electron chi connectivity index (χ1n) is 5.34. The Balaban J connectivity index is 2.54. The largest absolute Gasteiger partial charge is 0.481 e. The Bertz CT molecular complexity index is 590. The minimum absolute atomic E-state index is 0.125. The van der Waals surface area contributed by atoms with Crippen LogP contribution in [0.5, 0.6) is 0 Å². The van der Waals surface area contributed by atoms with Gasteiger partial charge in [-0.15, -0.1) is 0 Å². The molecule has 0 fully saturated rings. The molecule has 17 heavy (non-hydrogen) atoms. The number of halogens is 1. The van der Waals surface area contributed by atoms with E-state index in [0.717, 1.165) is 27.1 Å². The number of hydrogen-bond acceptors (Lipinski definition) is 2. The van der Waals surface area contributed by atoms with Crippen LogP contribution in [0.4, 0.5) is 0 Å². The number of carboxylic acid groups (broad SMARTS) is 1. The SMILES string of the molecule is Cc1nc2c(C)cc(Br)cn2c1CCC(=O)O. The first-order valence-corrected chi connectivity index (χ1v) is 6.14. The molecule has 0 amide bonds. The van der Waals surface area contributed by atoms with Gasteiger partial charge >= 0.3 is 5.97 Å². The van der Waals surface area contributed by atoms with Crippen molar-refractivity contribution in [1.82, 2.24) is 9.38 Å². The topological polar surface area (TPSA) is 54.6 Å². The van der Waals surface area contributed by atoms with Crippen LogP contribution in [0.2, 0.25) is 0 Å². The fraction of sp³-hybridized carbons (Fsp3) is 0.333. The molecule has 0 spiro atoms. The third kappa shape index (κ3) is 2.34. The van der Waals surface area contributed by atoms with E-state index in [1.54, 1.807) is 0 Å². The summed E-state index contributed by atoms with van der Waals surface area (Å²) in [5.74, 6) is -0.786. The normalized spacial score (nSPS) is 11.0. The number of aryl methyl sites for hydroxylation is 3. The van der Waals surface area contributed by atoms with Crippen LogP contribution in [0.1, 0.15) is 23.4 Å². The molecule has 0 unspecified atom stereocenters. The molecular formula is C12H13BrN2O2. The van der Waals surface area contributed by atoms with Crippen LogP contribution in [0, 0.1) is 13.8 Å². The Labute approximate surface area is 107 Å². The maximum absolute atomic E-state index is 10.6. The van der Waals surface area contributed by atoms with E-state index < -0.39 is 5.97 Å². The van der Waals surface area contributed by atoms with Crippen molar-refractivity contribution in [2.75, 3.05) is 0 Å². The van der Waals surface area contributed by atoms with Crippen LogP contribution in [0.3, 0.4) is 0 Å². The van der Waals surface area contributed by atoms with Crippen LogP contribution in [-0.2, 0) is 11.2 Å². The number of imidazole rings is 1. The Morgan fingerprint density at radius 2 is 2.24 bits per heavy atom. The highest BCUT2D eigenvalue weighted by Gasteiger charge is 2.12. The lowest BCUT2D eigenvalue weighted by Crippen LogP contribution is -2.01. The van der Waals surface area contributed by atoms with Crippen molar-refractivity contribution in [1.29, 1.82) is 0 Å². The fourth-order valence-electron chi connectivity index (χ4n) is 1.96. The zero-order chi connectivity index (χ0) is 12.6. The summed E-state index contributed by atoms with van der Waals surface area (Å²) in [6.07, 6.45) is 2.55. The molecule has 90 valence electrons. The highest BCUT2D eigenvalue weighted by Crippen LogP contribution is 2.21. The van der Waals surface area contributed by atoms with Crippen molar-refractivity contribution in [2.45, 2.75) is 26.7 Å². The van der Waals surface area contributed by atoms with Crippen LogP contribution < -0.4 is 0 Å². The molecule has 0 aromatic carbocycles. The van der Waals surface area contributed by atoms with Gasteiger partial charge in [-0.25, -0.2) is 4.98 Å². The number of hydrogen-bond donors (Lipinski definition) is 1. The van der Waals surface area contributed by atoms with Crippen molar-refractivity contribution >= 4 is 27.5 Å². The molecule has 0 aliphatic carbocycles. The average molecular weight is 297 g/mol. The molecule has 0 aliphatic rings. The quantitative estimate of drug-likeness (QED) is 0.947. The smallest absolute Gasteiger partial charge is 0.303 e. The van der Waals surface area contributed by atoms with Crippen molar-refractivity contribution in [3.63, 3.8) is 0 Å². The number of carboxylic acids is 1. The van der Waals surface area contributed by atoms with Crippen molar-refractivity contribution in [3.05, 3.63) is 33.7 Å². The third-order valence-corrected chi connectivity index (χ3v) is 3.18. The second kappa shape index (κ2) is 4.49. The van der Waals surface area contributed by atoms with Gasteiger partial charge in [-0.05, 0) is 41.4 Å². The lowest BCUT2D eigenvalue weighted by Gasteiger charge is -2.03. The molecule has 0 saturated heterocycles. The molecule has 0 bridgehead atoms. The van der Waals surface area contributed by atoms with Crippen molar-refractivity contribution in [3.8, 4) is 0 Å². The number of rotatable bonds is 3. The van der Waals surface area contributed by atoms with E-state index in [4.69, 9.17) is 5.11 Å².